The highest BCUT2D eigenvalue weighted by molar-refractivity contribution is 7.89. The third-order valence-corrected chi connectivity index (χ3v) is 6.54. The maximum atomic E-state index is 13.3. The molecule has 0 radical (unpaired) electrons. The van der Waals surface area contributed by atoms with E-state index in [1.807, 2.05) is 38.1 Å². The highest BCUT2D eigenvalue weighted by Gasteiger charge is 2.38. The van der Waals surface area contributed by atoms with Gasteiger partial charge in [0.25, 0.3) is 10.0 Å². The lowest BCUT2D eigenvalue weighted by Gasteiger charge is -2.28. The molecule has 5 nitrogen and oxygen atoms in total. The quantitative estimate of drug-likeness (QED) is 0.691. The zero-order valence-electron chi connectivity index (χ0n) is 15.0. The van der Waals surface area contributed by atoms with Gasteiger partial charge in [0.15, 0.2) is 5.78 Å². The lowest BCUT2D eigenvalue weighted by Crippen LogP contribution is -2.30. The molecule has 0 bridgehead atoms. The van der Waals surface area contributed by atoms with E-state index in [-0.39, 0.29) is 16.1 Å². The maximum absolute atomic E-state index is 13.3. The molecule has 6 heteroatoms. The van der Waals surface area contributed by atoms with Gasteiger partial charge >= 0.3 is 0 Å². The van der Waals surface area contributed by atoms with E-state index in [4.69, 9.17) is 0 Å². The van der Waals surface area contributed by atoms with Crippen LogP contribution in [0.5, 0.6) is 0 Å². The van der Waals surface area contributed by atoms with Crippen molar-refractivity contribution in [1.29, 1.82) is 0 Å². The van der Waals surface area contributed by atoms with Gasteiger partial charge in [0, 0.05) is 6.42 Å². The van der Waals surface area contributed by atoms with Crippen LogP contribution < -0.4 is 0 Å². The van der Waals surface area contributed by atoms with Gasteiger partial charge in [-0.25, -0.2) is 0 Å². The Morgan fingerprint density at radius 2 is 1.73 bits per heavy atom. The molecule has 0 atom stereocenters. The van der Waals surface area contributed by atoms with Gasteiger partial charge < -0.3 is 0 Å². The van der Waals surface area contributed by atoms with Gasteiger partial charge in [-0.15, -0.1) is 0 Å². The molecule has 0 aliphatic heterocycles. The molecule has 0 amide bonds. The lowest BCUT2D eigenvalue weighted by atomic mass is 9.76. The first-order valence-corrected chi connectivity index (χ1v) is 9.99. The van der Waals surface area contributed by atoms with E-state index in [0.29, 0.717) is 29.8 Å². The summed E-state index contributed by atoms with van der Waals surface area (Å²) < 4.78 is 27.6. The fraction of sp³-hybridized carbons (Fsp3) is 0.300. The lowest BCUT2D eigenvalue weighted by molar-refractivity contribution is 0.0911. The molecule has 0 spiro atoms. The average molecular weight is 368 g/mol. The summed E-state index contributed by atoms with van der Waals surface area (Å²) in [6.07, 6.45) is 0.907. The first-order valence-electron chi connectivity index (χ1n) is 8.55. The Hall–Kier alpha value is -2.47. The van der Waals surface area contributed by atoms with Crippen LogP contribution in [-0.4, -0.2) is 23.4 Å². The molecule has 0 saturated heterocycles. The number of nitrogens with zero attached hydrogens (tertiary/aromatic N) is 2. The van der Waals surface area contributed by atoms with E-state index >= 15 is 0 Å². The summed E-state index contributed by atoms with van der Waals surface area (Å²) in [7, 11) is -3.87. The summed E-state index contributed by atoms with van der Waals surface area (Å²) in [6, 6.07) is 12.6. The number of ketones is 1. The van der Waals surface area contributed by atoms with Crippen LogP contribution in [0.25, 0.3) is 10.8 Å². The molecule has 3 aromatic rings. The highest BCUT2D eigenvalue weighted by Crippen LogP contribution is 2.37. The van der Waals surface area contributed by atoms with E-state index in [1.165, 1.54) is 0 Å². The van der Waals surface area contributed by atoms with Gasteiger partial charge in [0.1, 0.15) is 0 Å². The second-order valence-electron chi connectivity index (χ2n) is 7.71. The third kappa shape index (κ3) is 2.56. The van der Waals surface area contributed by atoms with Gasteiger partial charge in [-0.05, 0) is 41.7 Å². The molecule has 1 aliphatic carbocycles. The molecule has 0 unspecified atom stereocenters. The van der Waals surface area contributed by atoms with Crippen LogP contribution in [0.15, 0.2) is 47.4 Å². The van der Waals surface area contributed by atoms with Crippen LogP contribution in [0.4, 0.5) is 0 Å². The van der Waals surface area contributed by atoms with Crippen molar-refractivity contribution in [3.8, 4) is 0 Å². The van der Waals surface area contributed by atoms with Crippen LogP contribution in [0.2, 0.25) is 0 Å². The number of rotatable bonds is 2. The SMILES string of the molecule is Cc1nn(S(=O)(=O)c2ccc3ccccc3c2)c2c1C(=O)CC(C)(C)C2. The van der Waals surface area contributed by atoms with E-state index in [0.717, 1.165) is 14.9 Å². The van der Waals surface area contributed by atoms with Gasteiger partial charge in [-0.1, -0.05) is 44.2 Å². The Balaban J connectivity index is 1.92. The van der Waals surface area contributed by atoms with Crippen molar-refractivity contribution in [3.63, 3.8) is 0 Å². The molecule has 26 heavy (non-hydrogen) atoms. The van der Waals surface area contributed by atoms with Crippen molar-refractivity contribution in [3.05, 3.63) is 59.4 Å². The molecule has 134 valence electrons. The summed E-state index contributed by atoms with van der Waals surface area (Å²) in [6.45, 7) is 5.65. The number of hydrogen-bond acceptors (Lipinski definition) is 4. The Labute approximate surface area is 152 Å². The number of carbonyl (C=O) groups is 1. The van der Waals surface area contributed by atoms with Gasteiger partial charge in [0.2, 0.25) is 0 Å². The minimum absolute atomic E-state index is 0.0336. The smallest absolute Gasteiger partial charge is 0.283 e. The summed E-state index contributed by atoms with van der Waals surface area (Å²) in [5, 5.41) is 6.07. The van der Waals surface area contributed by atoms with Gasteiger partial charge in [0.05, 0.1) is 21.8 Å². The van der Waals surface area contributed by atoms with E-state index in [1.54, 1.807) is 25.1 Å². The molecule has 1 aromatic heterocycles. The zero-order chi connectivity index (χ0) is 18.7. The van der Waals surface area contributed by atoms with Crippen molar-refractivity contribution in [2.24, 2.45) is 5.41 Å². The predicted octanol–water partition coefficient (Wildman–Crippen LogP) is 3.74. The van der Waals surface area contributed by atoms with Crippen molar-refractivity contribution in [1.82, 2.24) is 9.19 Å². The summed E-state index contributed by atoms with van der Waals surface area (Å²) >= 11 is 0. The Morgan fingerprint density at radius 1 is 1.04 bits per heavy atom. The predicted molar refractivity (Wildman–Crippen MR) is 99.9 cm³/mol. The minimum Gasteiger partial charge on any atom is -0.294 e. The second-order valence-corrected chi connectivity index (χ2v) is 9.47. The fourth-order valence-electron chi connectivity index (χ4n) is 3.74. The van der Waals surface area contributed by atoms with Crippen molar-refractivity contribution in [2.45, 2.75) is 38.5 Å². The molecule has 1 heterocycles. The topological polar surface area (TPSA) is 69.0 Å². The van der Waals surface area contributed by atoms with E-state index in [2.05, 4.69) is 5.10 Å². The van der Waals surface area contributed by atoms with Crippen LogP contribution in [0.1, 0.15) is 42.0 Å². The zero-order valence-corrected chi connectivity index (χ0v) is 15.8. The van der Waals surface area contributed by atoms with Gasteiger partial charge in [-0.3, -0.25) is 4.79 Å². The summed E-state index contributed by atoms with van der Waals surface area (Å²) in [5.74, 6) is -0.0336. The highest BCUT2D eigenvalue weighted by atomic mass is 32.2. The Morgan fingerprint density at radius 3 is 2.46 bits per heavy atom. The maximum Gasteiger partial charge on any atom is 0.283 e. The third-order valence-electron chi connectivity index (χ3n) is 4.93. The number of aryl methyl sites for hydroxylation is 1. The number of Topliss-reactive ketones (excluding diaryl/α,β-unsaturated/α-hetero) is 1. The van der Waals surface area contributed by atoms with Crippen LogP contribution in [0.3, 0.4) is 0 Å². The number of aromatic nitrogens is 2. The summed E-state index contributed by atoms with van der Waals surface area (Å²) in [5.41, 5.74) is 1.16. The van der Waals surface area contributed by atoms with Crippen LogP contribution >= 0.6 is 0 Å². The monoisotopic (exact) mass is 368 g/mol. The molecular formula is C20H20N2O3S. The van der Waals surface area contributed by atoms with E-state index < -0.39 is 10.0 Å². The standard InChI is InChI=1S/C20H20N2O3S/c1-13-19-17(11-20(2,3)12-18(19)23)22(21-13)26(24,25)16-9-8-14-6-4-5-7-15(14)10-16/h4-10H,11-12H2,1-3H3. The van der Waals surface area contributed by atoms with E-state index in [9.17, 15) is 13.2 Å². The molecule has 1 aliphatic rings. The Kier molecular flexibility index (Phi) is 3.60. The molecule has 0 N–H and O–H groups in total. The first-order chi connectivity index (χ1) is 12.2. The molecular weight excluding hydrogens is 348 g/mol. The summed E-state index contributed by atoms with van der Waals surface area (Å²) in [4.78, 5) is 12.7. The van der Waals surface area contributed by atoms with Crippen molar-refractivity contribution >= 4 is 26.6 Å². The molecule has 0 saturated carbocycles. The van der Waals surface area contributed by atoms with Crippen LogP contribution in [-0.2, 0) is 16.4 Å². The normalized spacial score (nSPS) is 16.7. The molecule has 2 aromatic carbocycles. The van der Waals surface area contributed by atoms with Crippen molar-refractivity contribution in [2.75, 3.05) is 0 Å². The Bertz CT molecular complexity index is 1160. The largest absolute Gasteiger partial charge is 0.294 e. The second kappa shape index (κ2) is 5.51. The number of benzene rings is 2. The minimum atomic E-state index is -3.87. The molecule has 4 rings (SSSR count). The first kappa shape index (κ1) is 17.0. The fourth-order valence-corrected chi connectivity index (χ4v) is 5.13. The number of fused-ring (bicyclic) bond motifs is 2. The van der Waals surface area contributed by atoms with Gasteiger partial charge in [-0.2, -0.15) is 17.6 Å². The number of hydrogen-bond donors (Lipinski definition) is 0. The van der Waals surface area contributed by atoms with Crippen molar-refractivity contribution < 1.29 is 13.2 Å². The average Bonchev–Trinajstić information content (AvgIpc) is 2.90. The number of carbonyl (C=O) groups excluding carboxylic acids is 1. The molecule has 0 fully saturated rings. The van der Waals surface area contributed by atoms with Crippen LogP contribution in [0, 0.1) is 12.3 Å².